The van der Waals surface area contributed by atoms with Crippen LogP contribution in [0.5, 0.6) is 0 Å². The summed E-state index contributed by atoms with van der Waals surface area (Å²) in [5, 5.41) is 7.51. The van der Waals surface area contributed by atoms with Gasteiger partial charge in [0.25, 0.3) is 5.56 Å². The number of aromatic nitrogens is 3. The molecule has 37 heavy (non-hydrogen) atoms. The van der Waals surface area contributed by atoms with E-state index in [1.54, 1.807) is 51.8 Å². The maximum Gasteiger partial charge on any atom is 0.261 e. The van der Waals surface area contributed by atoms with Crippen LogP contribution < -0.4 is 16.2 Å². The average Bonchev–Trinajstić information content (AvgIpc) is 2.86. The van der Waals surface area contributed by atoms with Crippen LogP contribution in [-0.2, 0) is 21.8 Å². The van der Waals surface area contributed by atoms with Gasteiger partial charge >= 0.3 is 0 Å². The van der Waals surface area contributed by atoms with Crippen molar-refractivity contribution in [2.24, 2.45) is 7.05 Å². The molecule has 0 aliphatic heterocycles. The van der Waals surface area contributed by atoms with Gasteiger partial charge in [-0.1, -0.05) is 0 Å². The normalized spacial score (nSPS) is 11.7. The minimum absolute atomic E-state index is 0.174. The first kappa shape index (κ1) is 26.3. The highest BCUT2D eigenvalue weighted by atomic mass is 32.2. The van der Waals surface area contributed by atoms with Crippen LogP contribution in [0, 0.1) is 6.92 Å². The van der Waals surface area contributed by atoms with Crippen LogP contribution in [-0.4, -0.2) is 54.6 Å². The van der Waals surface area contributed by atoms with E-state index in [1.165, 1.54) is 21.0 Å². The largest absolute Gasteiger partial charge is 0.385 e. The van der Waals surface area contributed by atoms with Crippen LogP contribution >= 0.6 is 0 Å². The summed E-state index contributed by atoms with van der Waals surface area (Å²) < 4.78 is 33.6. The number of rotatable bonds is 10. The molecule has 3 aromatic heterocycles. The van der Waals surface area contributed by atoms with Gasteiger partial charge in [-0.05, 0) is 72.8 Å². The van der Waals surface area contributed by atoms with E-state index in [1.807, 2.05) is 25.1 Å². The van der Waals surface area contributed by atoms with Crippen molar-refractivity contribution in [2.75, 3.05) is 37.9 Å². The van der Waals surface area contributed by atoms with Gasteiger partial charge in [-0.25, -0.2) is 22.7 Å². The van der Waals surface area contributed by atoms with E-state index < -0.39 is 10.0 Å². The number of methoxy groups -OCH3 is 1. The zero-order valence-electron chi connectivity index (χ0n) is 21.2. The minimum Gasteiger partial charge on any atom is -0.385 e. The van der Waals surface area contributed by atoms with E-state index in [0.29, 0.717) is 53.5 Å². The molecule has 0 saturated heterocycles. The number of fused-ring (bicyclic) bond motifs is 1. The number of benzene rings is 1. The summed E-state index contributed by atoms with van der Waals surface area (Å²) in [4.78, 5) is 22.1. The first-order valence-electron chi connectivity index (χ1n) is 11.7. The highest BCUT2D eigenvalue weighted by molar-refractivity contribution is 7.89. The Labute approximate surface area is 216 Å². The second-order valence-corrected chi connectivity index (χ2v) is 10.8. The van der Waals surface area contributed by atoms with Gasteiger partial charge in [0.15, 0.2) is 0 Å². The Balaban J connectivity index is 1.66. The first-order chi connectivity index (χ1) is 17.7. The van der Waals surface area contributed by atoms with Gasteiger partial charge in [-0.15, -0.1) is 0 Å². The lowest BCUT2D eigenvalue weighted by atomic mass is 10.2. The molecular formula is C26H30N6O4S. The smallest absolute Gasteiger partial charge is 0.261 e. The van der Waals surface area contributed by atoms with Crippen LogP contribution in [0.15, 0.2) is 70.6 Å². The molecule has 1 aromatic carbocycles. The number of hydrogen-bond acceptors (Lipinski definition) is 8. The second kappa shape index (κ2) is 11.1. The summed E-state index contributed by atoms with van der Waals surface area (Å²) >= 11 is 0. The summed E-state index contributed by atoms with van der Waals surface area (Å²) in [6, 6.07) is 13.8. The number of pyridine rings is 3. The van der Waals surface area contributed by atoms with Crippen molar-refractivity contribution in [1.29, 1.82) is 0 Å². The van der Waals surface area contributed by atoms with Crippen LogP contribution in [0.4, 0.5) is 23.1 Å². The van der Waals surface area contributed by atoms with Crippen molar-refractivity contribution in [3.05, 3.63) is 76.8 Å². The molecule has 4 rings (SSSR count). The molecule has 2 N–H and O–H groups in total. The lowest BCUT2D eigenvalue weighted by Crippen LogP contribution is -2.28. The predicted octanol–water partition coefficient (Wildman–Crippen LogP) is 3.78. The van der Waals surface area contributed by atoms with Gasteiger partial charge in [0.2, 0.25) is 10.0 Å². The molecule has 194 valence electrons. The third-order valence-corrected chi connectivity index (χ3v) is 7.75. The Kier molecular flexibility index (Phi) is 7.86. The summed E-state index contributed by atoms with van der Waals surface area (Å²) in [5.41, 5.74) is 1.43. The highest BCUT2D eigenvalue weighted by Crippen LogP contribution is 2.27. The number of hydrogen-bond donors (Lipinski definition) is 2. The van der Waals surface area contributed by atoms with Gasteiger partial charge in [-0.3, -0.25) is 4.79 Å². The Morgan fingerprint density at radius 3 is 2.51 bits per heavy atom. The molecule has 0 bridgehead atoms. The van der Waals surface area contributed by atoms with Crippen LogP contribution in [0.2, 0.25) is 0 Å². The monoisotopic (exact) mass is 522 g/mol. The van der Waals surface area contributed by atoms with E-state index in [2.05, 4.69) is 20.6 Å². The average molecular weight is 523 g/mol. The topological polar surface area (TPSA) is 118 Å². The molecular weight excluding hydrogens is 492 g/mol. The van der Waals surface area contributed by atoms with Crippen LogP contribution in [0.25, 0.3) is 10.8 Å². The SMILES string of the molecule is COCCCN(C)S(=O)(=O)c1ccc(Nc2nc(Nc3cc(C)ccn3)cc3ccn(C)c(=O)c23)cc1. The first-order valence-corrected chi connectivity index (χ1v) is 13.2. The number of sulfonamides is 1. The second-order valence-electron chi connectivity index (χ2n) is 8.72. The van der Waals surface area contributed by atoms with Crippen molar-refractivity contribution in [1.82, 2.24) is 18.8 Å². The maximum atomic E-state index is 13.0. The summed E-state index contributed by atoms with van der Waals surface area (Å²) in [7, 11) is 1.17. The van der Waals surface area contributed by atoms with Crippen LogP contribution in [0.1, 0.15) is 12.0 Å². The fourth-order valence-electron chi connectivity index (χ4n) is 3.83. The number of nitrogens with zero attached hydrogens (tertiary/aromatic N) is 4. The molecule has 10 nitrogen and oxygen atoms in total. The van der Waals surface area contributed by atoms with E-state index in [9.17, 15) is 13.2 Å². The molecule has 0 atom stereocenters. The fourth-order valence-corrected chi connectivity index (χ4v) is 5.04. The van der Waals surface area contributed by atoms with Crippen molar-refractivity contribution in [2.45, 2.75) is 18.2 Å². The summed E-state index contributed by atoms with van der Waals surface area (Å²) in [5.74, 6) is 1.49. The molecule has 0 radical (unpaired) electrons. The number of anilines is 4. The molecule has 0 saturated carbocycles. The Morgan fingerprint density at radius 2 is 1.81 bits per heavy atom. The summed E-state index contributed by atoms with van der Waals surface area (Å²) in [6.45, 7) is 2.81. The molecule has 0 aliphatic rings. The number of nitrogens with one attached hydrogen (secondary N) is 2. The van der Waals surface area contributed by atoms with Crippen molar-refractivity contribution in [3.8, 4) is 0 Å². The number of ether oxygens (including phenoxy) is 1. The maximum absolute atomic E-state index is 13.0. The predicted molar refractivity (Wildman–Crippen MR) is 145 cm³/mol. The van der Waals surface area contributed by atoms with Gasteiger partial charge in [0, 0.05) is 52.4 Å². The van der Waals surface area contributed by atoms with Crippen molar-refractivity contribution >= 4 is 43.9 Å². The van der Waals surface area contributed by atoms with Gasteiger partial charge in [0.1, 0.15) is 17.5 Å². The molecule has 0 amide bonds. The molecule has 0 aliphatic carbocycles. The minimum atomic E-state index is -3.64. The van der Waals surface area contributed by atoms with Gasteiger partial charge in [-0.2, -0.15) is 0 Å². The molecule has 0 fully saturated rings. The molecule has 3 heterocycles. The highest BCUT2D eigenvalue weighted by Gasteiger charge is 2.20. The Bertz CT molecular complexity index is 1570. The summed E-state index contributed by atoms with van der Waals surface area (Å²) in [6.07, 6.45) is 4.01. The van der Waals surface area contributed by atoms with Crippen molar-refractivity contribution in [3.63, 3.8) is 0 Å². The molecule has 11 heteroatoms. The quantitative estimate of drug-likeness (QED) is 0.302. The fraction of sp³-hybridized carbons (Fsp3) is 0.269. The zero-order chi connectivity index (χ0) is 26.6. The Morgan fingerprint density at radius 1 is 1.05 bits per heavy atom. The van der Waals surface area contributed by atoms with Crippen molar-refractivity contribution < 1.29 is 13.2 Å². The number of aryl methyl sites for hydroxylation is 2. The van der Waals surface area contributed by atoms with E-state index >= 15 is 0 Å². The van der Waals surface area contributed by atoms with Gasteiger partial charge in [0.05, 0.1) is 10.3 Å². The molecule has 0 unspecified atom stereocenters. The Hall–Kier alpha value is -3.80. The lowest BCUT2D eigenvalue weighted by Gasteiger charge is -2.17. The lowest BCUT2D eigenvalue weighted by molar-refractivity contribution is 0.189. The standard InChI is InChI=1S/C26H30N6O4S/c1-18-10-12-27-22(16-18)29-23-17-19-11-14-31(2)26(33)24(19)25(30-23)28-20-6-8-21(9-7-20)37(34,35)32(3)13-5-15-36-4/h6-12,14,16-17H,5,13,15H2,1-4H3,(H2,27,28,29,30). The molecule has 0 spiro atoms. The van der Waals surface area contributed by atoms with E-state index in [4.69, 9.17) is 4.74 Å². The van der Waals surface area contributed by atoms with Crippen LogP contribution in [0.3, 0.4) is 0 Å². The zero-order valence-corrected chi connectivity index (χ0v) is 22.0. The van der Waals surface area contributed by atoms with E-state index in [-0.39, 0.29) is 10.5 Å². The van der Waals surface area contributed by atoms with Gasteiger partial charge < -0.3 is 19.9 Å². The third kappa shape index (κ3) is 5.96. The third-order valence-electron chi connectivity index (χ3n) is 5.88. The van der Waals surface area contributed by atoms with E-state index in [0.717, 1.165) is 5.56 Å². The molecule has 4 aromatic rings.